The number of hydrogen-bond donors (Lipinski definition) is 1. The molecule has 2 unspecified atom stereocenters. The average Bonchev–Trinajstić information content (AvgIpc) is 3.80. The van der Waals surface area contributed by atoms with Crippen molar-refractivity contribution in [3.05, 3.63) is 104 Å². The standard InChI is InChI=1S/C37H42BrClFNO3Si/c1-23(2)45(24(3)4,25(5)6)18-17-26-7-9-27(10-8-26)21-41-36(43)32-19-30(38)20-33(40)35(32)37(41,29-13-15-31(39)16-14-29)44-34(22-42)28-11-12-28/h7-10,13-16,19-20,23-25,28,34,42H,11-12,21-22H2,1-6H3. The van der Waals surface area contributed by atoms with Gasteiger partial charge in [-0.05, 0) is 77.3 Å². The Labute approximate surface area is 281 Å². The van der Waals surface area contributed by atoms with Crippen LogP contribution in [0, 0.1) is 23.2 Å². The molecule has 4 nitrogen and oxygen atoms in total. The molecule has 1 amide bonds. The lowest BCUT2D eigenvalue weighted by molar-refractivity contribution is -0.165. The number of aliphatic hydroxyl groups is 1. The fourth-order valence-electron chi connectivity index (χ4n) is 7.32. The Hall–Kier alpha value is -2.47. The van der Waals surface area contributed by atoms with Gasteiger partial charge in [0, 0.05) is 27.2 Å². The number of carbonyl (C=O) groups is 1. The van der Waals surface area contributed by atoms with Crippen LogP contribution in [0.3, 0.4) is 0 Å². The molecular weight excluding hydrogens is 669 g/mol. The van der Waals surface area contributed by atoms with Gasteiger partial charge < -0.3 is 9.84 Å². The summed E-state index contributed by atoms with van der Waals surface area (Å²) in [6.07, 6.45) is 1.24. The van der Waals surface area contributed by atoms with Gasteiger partial charge in [0.25, 0.3) is 5.91 Å². The minimum atomic E-state index is -1.89. The summed E-state index contributed by atoms with van der Waals surface area (Å²) in [6.45, 7) is 13.7. The molecule has 1 aliphatic carbocycles. The van der Waals surface area contributed by atoms with Crippen molar-refractivity contribution < 1.29 is 19.0 Å². The lowest BCUT2D eigenvalue weighted by Crippen LogP contribution is -2.49. The zero-order chi connectivity index (χ0) is 32.7. The molecule has 2 atom stereocenters. The van der Waals surface area contributed by atoms with Gasteiger partial charge in [0.2, 0.25) is 5.72 Å². The van der Waals surface area contributed by atoms with Crippen molar-refractivity contribution >= 4 is 41.5 Å². The number of fused-ring (bicyclic) bond motifs is 1. The van der Waals surface area contributed by atoms with E-state index in [1.807, 2.05) is 24.3 Å². The molecule has 3 aromatic carbocycles. The Morgan fingerprint density at radius 3 is 2.16 bits per heavy atom. The van der Waals surface area contributed by atoms with E-state index in [1.165, 1.54) is 6.07 Å². The summed E-state index contributed by atoms with van der Waals surface area (Å²) in [7, 11) is -1.89. The lowest BCUT2D eigenvalue weighted by atomic mass is 9.92. The molecule has 8 heteroatoms. The van der Waals surface area contributed by atoms with Crippen molar-refractivity contribution in [2.45, 2.75) is 89.4 Å². The number of benzene rings is 3. The SMILES string of the molecule is CC(C)[Si](C#Cc1ccc(CN2C(=O)c3cc(Br)cc(F)c3C2(OC(CO)C2CC2)c2ccc(Cl)cc2)cc1)(C(C)C)C(C)C. The van der Waals surface area contributed by atoms with Gasteiger partial charge >= 0.3 is 0 Å². The van der Waals surface area contributed by atoms with E-state index >= 15 is 4.39 Å². The van der Waals surface area contributed by atoms with E-state index in [9.17, 15) is 9.90 Å². The van der Waals surface area contributed by atoms with Crippen LogP contribution in [0.5, 0.6) is 0 Å². The van der Waals surface area contributed by atoms with Crippen molar-refractivity contribution in [3.8, 4) is 11.5 Å². The second-order valence-corrected chi connectivity index (χ2v) is 20.3. The lowest BCUT2D eigenvalue weighted by Gasteiger charge is -2.42. The molecule has 2 aliphatic rings. The Kier molecular flexibility index (Phi) is 10.0. The second kappa shape index (κ2) is 13.3. The van der Waals surface area contributed by atoms with Crippen LogP contribution in [0.15, 0.2) is 65.1 Å². The van der Waals surface area contributed by atoms with E-state index in [0.29, 0.717) is 31.7 Å². The Morgan fingerprint density at radius 2 is 1.62 bits per heavy atom. The van der Waals surface area contributed by atoms with Crippen molar-refractivity contribution in [1.29, 1.82) is 0 Å². The summed E-state index contributed by atoms with van der Waals surface area (Å²) in [5.41, 5.74) is 6.51. The van der Waals surface area contributed by atoms with Gasteiger partial charge in [-0.1, -0.05) is 99.3 Å². The number of halogens is 3. The maximum absolute atomic E-state index is 16.1. The minimum absolute atomic E-state index is 0.134. The minimum Gasteiger partial charge on any atom is -0.394 e. The third kappa shape index (κ3) is 6.29. The van der Waals surface area contributed by atoms with Crippen molar-refractivity contribution in [1.82, 2.24) is 4.90 Å². The number of amides is 1. The van der Waals surface area contributed by atoms with E-state index in [2.05, 4.69) is 68.9 Å². The van der Waals surface area contributed by atoms with Gasteiger partial charge in [-0.3, -0.25) is 9.69 Å². The van der Waals surface area contributed by atoms with Crippen LogP contribution in [-0.4, -0.2) is 36.7 Å². The first kappa shape index (κ1) is 33.9. The normalized spacial score (nSPS) is 18.9. The molecule has 45 heavy (non-hydrogen) atoms. The molecule has 0 aromatic heterocycles. The third-order valence-corrected chi connectivity index (χ3v) is 16.7. The second-order valence-electron chi connectivity index (χ2n) is 13.4. The van der Waals surface area contributed by atoms with Gasteiger partial charge in [-0.25, -0.2) is 4.39 Å². The van der Waals surface area contributed by atoms with Crippen LogP contribution in [0.1, 0.15) is 87.0 Å². The summed E-state index contributed by atoms with van der Waals surface area (Å²) in [5.74, 6) is 2.73. The molecular formula is C37H42BrClFNO3Si. The highest BCUT2D eigenvalue weighted by Gasteiger charge is 2.56. The molecule has 1 fully saturated rings. The predicted molar refractivity (Wildman–Crippen MR) is 185 cm³/mol. The van der Waals surface area contributed by atoms with E-state index in [-0.39, 0.29) is 36.1 Å². The maximum atomic E-state index is 16.1. The third-order valence-electron chi connectivity index (χ3n) is 9.72. The van der Waals surface area contributed by atoms with Gasteiger partial charge in [-0.2, -0.15) is 0 Å². The highest BCUT2D eigenvalue weighted by Crippen LogP contribution is 2.51. The molecule has 1 heterocycles. The zero-order valence-electron chi connectivity index (χ0n) is 26.8. The molecule has 0 radical (unpaired) electrons. The van der Waals surface area contributed by atoms with Crippen LogP contribution >= 0.6 is 27.5 Å². The smallest absolute Gasteiger partial charge is 0.257 e. The highest BCUT2D eigenvalue weighted by molar-refractivity contribution is 9.10. The maximum Gasteiger partial charge on any atom is 0.257 e. The zero-order valence-corrected chi connectivity index (χ0v) is 30.2. The Bertz CT molecular complexity index is 1590. The summed E-state index contributed by atoms with van der Waals surface area (Å²) in [4.78, 5) is 15.8. The van der Waals surface area contributed by atoms with Crippen LogP contribution < -0.4 is 0 Å². The van der Waals surface area contributed by atoms with Gasteiger partial charge in [0.15, 0.2) is 0 Å². The molecule has 0 bridgehead atoms. The van der Waals surface area contributed by atoms with Crippen molar-refractivity contribution in [2.75, 3.05) is 6.61 Å². The number of ether oxygens (including phenoxy) is 1. The first-order valence-corrected chi connectivity index (χ1v) is 19.2. The van der Waals surface area contributed by atoms with Gasteiger partial charge in [0.1, 0.15) is 13.9 Å². The van der Waals surface area contributed by atoms with Crippen LogP contribution in [-0.2, 0) is 17.0 Å². The topological polar surface area (TPSA) is 49.8 Å². The van der Waals surface area contributed by atoms with Crippen LogP contribution in [0.4, 0.5) is 4.39 Å². The summed E-state index contributed by atoms with van der Waals surface area (Å²) in [6, 6.07) is 17.9. The van der Waals surface area contributed by atoms with E-state index < -0.39 is 25.7 Å². The number of carbonyl (C=O) groups excluding carboxylic acids is 1. The summed E-state index contributed by atoms with van der Waals surface area (Å²) in [5, 5.41) is 10.9. The molecule has 1 aliphatic heterocycles. The molecule has 1 N–H and O–H groups in total. The molecule has 5 rings (SSSR count). The van der Waals surface area contributed by atoms with Crippen LogP contribution in [0.2, 0.25) is 21.6 Å². The van der Waals surface area contributed by atoms with Crippen molar-refractivity contribution in [3.63, 3.8) is 0 Å². The fraction of sp³-hybridized carbons (Fsp3) is 0.432. The fourth-order valence-corrected chi connectivity index (χ4v) is 13.1. The molecule has 238 valence electrons. The first-order chi connectivity index (χ1) is 21.3. The quantitative estimate of drug-likeness (QED) is 0.169. The molecule has 0 spiro atoms. The van der Waals surface area contributed by atoms with E-state index in [4.69, 9.17) is 16.3 Å². The van der Waals surface area contributed by atoms with Gasteiger partial charge in [-0.15, -0.1) is 5.54 Å². The predicted octanol–water partition coefficient (Wildman–Crippen LogP) is 9.46. The van der Waals surface area contributed by atoms with E-state index in [0.717, 1.165) is 24.0 Å². The average molecular weight is 711 g/mol. The Balaban J connectivity index is 1.59. The molecule has 3 aromatic rings. The van der Waals surface area contributed by atoms with Gasteiger partial charge in [0.05, 0.1) is 23.8 Å². The van der Waals surface area contributed by atoms with E-state index in [1.54, 1.807) is 35.2 Å². The van der Waals surface area contributed by atoms with Crippen LogP contribution in [0.25, 0.3) is 0 Å². The monoisotopic (exact) mass is 709 g/mol. The Morgan fingerprint density at radius 1 is 1.02 bits per heavy atom. The molecule has 0 saturated heterocycles. The number of hydrogen-bond acceptors (Lipinski definition) is 3. The summed E-state index contributed by atoms with van der Waals surface area (Å²) < 4.78 is 23.4. The number of aliphatic hydroxyl groups excluding tert-OH is 1. The largest absolute Gasteiger partial charge is 0.394 e. The molecule has 1 saturated carbocycles. The number of nitrogens with zero attached hydrogens (tertiary/aromatic N) is 1. The highest BCUT2D eigenvalue weighted by atomic mass is 79.9. The summed E-state index contributed by atoms with van der Waals surface area (Å²) >= 11 is 9.65. The van der Waals surface area contributed by atoms with Crippen molar-refractivity contribution in [2.24, 2.45) is 5.92 Å². The first-order valence-electron chi connectivity index (χ1n) is 15.8. The number of rotatable bonds is 10.